The molecule has 1 aromatic heterocycles. The molecule has 0 spiro atoms. The molecule has 1 aliphatic heterocycles. The molecule has 8 nitrogen and oxygen atoms in total. The van der Waals surface area contributed by atoms with Gasteiger partial charge in [-0.05, 0) is 108 Å². The van der Waals surface area contributed by atoms with E-state index in [4.69, 9.17) is 26.1 Å². The molecule has 260 valence electrons. The van der Waals surface area contributed by atoms with Gasteiger partial charge in [0.05, 0.1) is 39.3 Å². The number of hydrogen-bond donors (Lipinski definition) is 0. The summed E-state index contributed by atoms with van der Waals surface area (Å²) in [5.74, 6) is -1.11. The molecular weight excluding hydrogens is 744 g/mol. The smallest absolute Gasteiger partial charge is 0.339 e. The lowest BCUT2D eigenvalue weighted by atomic mass is 9.85. The van der Waals surface area contributed by atoms with Gasteiger partial charge in [0, 0.05) is 21.0 Å². The molecule has 2 fully saturated rings. The van der Waals surface area contributed by atoms with Crippen molar-refractivity contribution in [2.24, 2.45) is 23.7 Å². The first-order chi connectivity index (χ1) is 25.1. The molecule has 10 heteroatoms. The average molecular weight is 776 g/mol. The van der Waals surface area contributed by atoms with E-state index in [9.17, 15) is 19.2 Å². The largest absolute Gasteiger partial charge is 0.489 e. The number of Topliss-reactive ketones (excluding diaryl/α,β-unsaturated/α-hetero) is 1. The van der Waals surface area contributed by atoms with Gasteiger partial charge >= 0.3 is 5.97 Å². The minimum absolute atomic E-state index is 0.120. The number of hydrogen-bond acceptors (Lipinski definition) is 7. The Morgan fingerprint density at radius 3 is 2.23 bits per heavy atom. The van der Waals surface area contributed by atoms with Gasteiger partial charge in [0.2, 0.25) is 17.6 Å². The van der Waals surface area contributed by atoms with Crippen molar-refractivity contribution in [2.45, 2.75) is 33.0 Å². The summed E-state index contributed by atoms with van der Waals surface area (Å²) in [7, 11) is 0. The molecule has 1 saturated heterocycles. The fraction of sp³-hybridized carbons (Fsp3) is 0.214. The van der Waals surface area contributed by atoms with Crippen LogP contribution in [-0.2, 0) is 20.9 Å². The van der Waals surface area contributed by atoms with Crippen molar-refractivity contribution >= 4 is 67.7 Å². The molecule has 2 aliphatic carbocycles. The van der Waals surface area contributed by atoms with Gasteiger partial charge in [-0.15, -0.1) is 0 Å². The third-order valence-corrected chi connectivity index (χ3v) is 11.7. The number of carbonyl (C=O) groups excluding carboxylic acids is 4. The molecule has 52 heavy (non-hydrogen) atoms. The number of imide groups is 1. The molecular formula is C42H32BrClN2O6. The number of rotatable bonds is 9. The Hall–Kier alpha value is -5.12. The van der Waals surface area contributed by atoms with Crippen LogP contribution in [0.3, 0.4) is 0 Å². The number of benzene rings is 4. The average Bonchev–Trinajstić information content (AvgIpc) is 3.86. The zero-order chi connectivity index (χ0) is 36.3. The zero-order valence-corrected chi connectivity index (χ0v) is 30.6. The van der Waals surface area contributed by atoms with Crippen LogP contribution in [-0.4, -0.2) is 34.7 Å². The van der Waals surface area contributed by atoms with E-state index >= 15 is 0 Å². The summed E-state index contributed by atoms with van der Waals surface area (Å²) >= 11 is 10.1. The monoisotopic (exact) mass is 774 g/mol. The van der Waals surface area contributed by atoms with Gasteiger partial charge in [-0.3, -0.25) is 19.3 Å². The predicted molar refractivity (Wildman–Crippen MR) is 201 cm³/mol. The lowest BCUT2D eigenvalue weighted by Crippen LogP contribution is -2.32. The number of aryl methyl sites for hydroxylation is 1. The number of amides is 2. The number of allylic oxidation sites excluding steroid dienone is 2. The van der Waals surface area contributed by atoms with Crippen LogP contribution in [0.25, 0.3) is 22.2 Å². The maximum atomic E-state index is 13.9. The number of pyridine rings is 1. The van der Waals surface area contributed by atoms with Crippen molar-refractivity contribution in [1.29, 1.82) is 0 Å². The van der Waals surface area contributed by atoms with E-state index in [2.05, 4.69) is 28.1 Å². The Morgan fingerprint density at radius 1 is 0.923 bits per heavy atom. The first kappa shape index (κ1) is 34.0. The van der Waals surface area contributed by atoms with Crippen LogP contribution in [0.15, 0.2) is 108 Å². The van der Waals surface area contributed by atoms with Crippen molar-refractivity contribution in [3.05, 3.63) is 135 Å². The standard InChI is InChI=1S/C42H32BrClN2O6/c1-22-37(44)33(43)19-31-32(42(50)52-23(2)39(47)26-12-16-30(17-13-26)51-21-24-6-4-3-5-7-24)20-34(45-38(22)31)25-10-14-29(15-11-25)46-40(48)35-27-8-9-28(18-27)36(35)41(46)49/h3-17,19-20,23,27-28,35-36H,18,21H2,1-2H3. The second-order valence-electron chi connectivity index (χ2n) is 13.5. The molecule has 5 atom stereocenters. The minimum Gasteiger partial charge on any atom is -0.489 e. The van der Waals surface area contributed by atoms with Crippen molar-refractivity contribution in [3.63, 3.8) is 0 Å². The van der Waals surface area contributed by atoms with Crippen LogP contribution < -0.4 is 9.64 Å². The van der Waals surface area contributed by atoms with E-state index in [1.807, 2.05) is 37.3 Å². The van der Waals surface area contributed by atoms with Crippen LogP contribution in [0.4, 0.5) is 5.69 Å². The third-order valence-electron chi connectivity index (χ3n) is 10.4. The van der Waals surface area contributed by atoms with Crippen molar-refractivity contribution in [2.75, 3.05) is 4.90 Å². The van der Waals surface area contributed by atoms with Crippen LogP contribution in [0.1, 0.15) is 45.2 Å². The van der Waals surface area contributed by atoms with Gasteiger partial charge in [0.1, 0.15) is 12.4 Å². The summed E-state index contributed by atoms with van der Waals surface area (Å²) in [5, 5.41) is 0.952. The Bertz CT molecular complexity index is 2280. The van der Waals surface area contributed by atoms with E-state index in [1.165, 1.54) is 11.8 Å². The van der Waals surface area contributed by atoms with Gasteiger partial charge < -0.3 is 9.47 Å². The highest BCUT2D eigenvalue weighted by Crippen LogP contribution is 2.53. The number of fused-ring (bicyclic) bond motifs is 6. The molecule has 8 rings (SSSR count). The van der Waals surface area contributed by atoms with E-state index in [0.29, 0.717) is 60.8 Å². The van der Waals surface area contributed by atoms with Crippen molar-refractivity contribution < 1.29 is 28.7 Å². The maximum Gasteiger partial charge on any atom is 0.339 e. The Labute approximate surface area is 313 Å². The topological polar surface area (TPSA) is 103 Å². The number of anilines is 1. The zero-order valence-electron chi connectivity index (χ0n) is 28.2. The van der Waals surface area contributed by atoms with Crippen molar-refractivity contribution in [3.8, 4) is 17.0 Å². The molecule has 5 unspecified atom stereocenters. The summed E-state index contributed by atoms with van der Waals surface area (Å²) in [6.07, 6.45) is 3.92. The van der Waals surface area contributed by atoms with Crippen LogP contribution in [0.5, 0.6) is 5.75 Å². The molecule has 4 aromatic carbocycles. The third kappa shape index (κ3) is 5.91. The van der Waals surface area contributed by atoms with E-state index in [1.54, 1.807) is 60.7 Å². The van der Waals surface area contributed by atoms with Gasteiger partial charge in [-0.2, -0.15) is 0 Å². The highest BCUT2D eigenvalue weighted by molar-refractivity contribution is 9.10. The van der Waals surface area contributed by atoms with Gasteiger partial charge in [0.15, 0.2) is 6.10 Å². The summed E-state index contributed by atoms with van der Waals surface area (Å²) in [5.41, 5.74) is 4.36. The number of carbonyl (C=O) groups is 4. The number of ketones is 1. The molecule has 1 saturated carbocycles. The fourth-order valence-electron chi connectivity index (χ4n) is 7.68. The number of ether oxygens (including phenoxy) is 2. The highest BCUT2D eigenvalue weighted by atomic mass is 79.9. The summed E-state index contributed by atoms with van der Waals surface area (Å²) in [6, 6.07) is 26.8. The normalized spacial score (nSPS) is 20.7. The van der Waals surface area contributed by atoms with Crippen LogP contribution in [0.2, 0.25) is 5.02 Å². The van der Waals surface area contributed by atoms with Crippen LogP contribution >= 0.6 is 27.5 Å². The SMILES string of the molecule is Cc1c(Cl)c(Br)cc2c(C(=O)OC(C)C(=O)c3ccc(OCc4ccccc4)cc3)cc(-c3ccc(N4C(=O)C5C6C=CC(C6)C5C4=O)cc3)nc12. The summed E-state index contributed by atoms with van der Waals surface area (Å²) in [4.78, 5) is 60.2. The first-order valence-corrected chi connectivity index (χ1v) is 18.2. The van der Waals surface area contributed by atoms with Gasteiger partial charge in [-0.1, -0.05) is 66.2 Å². The fourth-order valence-corrected chi connectivity index (χ4v) is 8.35. The predicted octanol–water partition coefficient (Wildman–Crippen LogP) is 8.94. The second-order valence-corrected chi connectivity index (χ2v) is 14.7. The van der Waals surface area contributed by atoms with Gasteiger partial charge in [-0.25, -0.2) is 9.78 Å². The maximum absolute atomic E-state index is 13.9. The number of halogens is 2. The Morgan fingerprint density at radius 2 is 1.58 bits per heavy atom. The molecule has 2 heterocycles. The lowest BCUT2D eigenvalue weighted by molar-refractivity contribution is -0.123. The Balaban J connectivity index is 1.04. The number of aromatic nitrogens is 1. The van der Waals surface area contributed by atoms with Gasteiger partial charge in [0.25, 0.3) is 0 Å². The van der Waals surface area contributed by atoms with E-state index in [-0.39, 0.29) is 46.8 Å². The first-order valence-electron chi connectivity index (χ1n) is 17.1. The minimum atomic E-state index is -1.09. The van der Waals surface area contributed by atoms with Crippen LogP contribution in [0, 0.1) is 30.6 Å². The highest BCUT2D eigenvalue weighted by Gasteiger charge is 2.59. The molecule has 2 bridgehead atoms. The number of esters is 1. The van der Waals surface area contributed by atoms with E-state index in [0.717, 1.165) is 12.0 Å². The molecule has 0 N–H and O–H groups in total. The number of nitrogens with zero attached hydrogens (tertiary/aromatic N) is 2. The molecule has 5 aromatic rings. The summed E-state index contributed by atoms with van der Waals surface area (Å²) in [6.45, 7) is 3.75. The molecule has 0 radical (unpaired) electrons. The Kier molecular flexibility index (Phi) is 8.79. The molecule has 2 amide bonds. The lowest BCUT2D eigenvalue weighted by Gasteiger charge is -2.18. The second kappa shape index (κ2) is 13.5. The quantitative estimate of drug-likeness (QED) is 0.0638. The summed E-state index contributed by atoms with van der Waals surface area (Å²) < 4.78 is 12.2. The molecule has 3 aliphatic rings. The van der Waals surface area contributed by atoms with Crippen molar-refractivity contribution in [1.82, 2.24) is 4.98 Å². The van der Waals surface area contributed by atoms with E-state index < -0.39 is 12.1 Å².